The van der Waals surface area contributed by atoms with Gasteiger partial charge in [0.2, 0.25) is 5.89 Å². The number of carbonyl (C=O) groups excluding carboxylic acids is 1. The van der Waals surface area contributed by atoms with Crippen LogP contribution in [-0.4, -0.2) is 37.7 Å². The smallest absolute Gasteiger partial charge is 0.275 e. The zero-order valence-corrected chi connectivity index (χ0v) is 13.1. The number of benzene rings is 1. The minimum Gasteiger partial charge on any atom is -0.339 e. The summed E-state index contributed by atoms with van der Waals surface area (Å²) in [5, 5.41) is 12.1. The molecule has 1 aliphatic carbocycles. The van der Waals surface area contributed by atoms with E-state index in [0.717, 1.165) is 42.5 Å². The van der Waals surface area contributed by atoms with E-state index in [1.165, 1.54) is 0 Å². The molecule has 1 saturated heterocycles. The van der Waals surface area contributed by atoms with Gasteiger partial charge in [-0.1, -0.05) is 23.4 Å². The number of nitrogens with one attached hydrogen (secondary N) is 1. The molecule has 1 amide bonds. The number of likely N-dealkylation sites (tertiary alicyclic amines) is 1. The summed E-state index contributed by atoms with van der Waals surface area (Å²) in [6, 6.07) is 7.55. The average molecular weight is 323 g/mol. The van der Waals surface area contributed by atoms with Crippen molar-refractivity contribution in [1.82, 2.24) is 25.2 Å². The molecule has 1 atom stereocenters. The van der Waals surface area contributed by atoms with Crippen molar-refractivity contribution in [3.05, 3.63) is 41.7 Å². The van der Waals surface area contributed by atoms with Gasteiger partial charge in [-0.3, -0.25) is 9.89 Å². The van der Waals surface area contributed by atoms with Crippen LogP contribution in [-0.2, 0) is 0 Å². The van der Waals surface area contributed by atoms with Crippen LogP contribution in [0.15, 0.2) is 28.8 Å². The van der Waals surface area contributed by atoms with E-state index in [0.29, 0.717) is 24.0 Å². The van der Waals surface area contributed by atoms with Gasteiger partial charge >= 0.3 is 0 Å². The number of fused-ring (bicyclic) bond motifs is 1. The average Bonchev–Trinajstić information content (AvgIpc) is 3.06. The molecule has 1 saturated carbocycles. The molecule has 2 aliphatic rings. The Balaban J connectivity index is 1.46. The fraction of sp³-hybridized carbons (Fsp3) is 0.412. The number of amides is 1. The van der Waals surface area contributed by atoms with Crippen molar-refractivity contribution >= 4 is 16.8 Å². The number of para-hydroxylation sites is 1. The minimum atomic E-state index is -0.121. The molecule has 3 heterocycles. The van der Waals surface area contributed by atoms with Crippen LogP contribution in [0.3, 0.4) is 0 Å². The van der Waals surface area contributed by atoms with E-state index in [2.05, 4.69) is 20.3 Å². The number of hydrogen-bond donors (Lipinski definition) is 1. The van der Waals surface area contributed by atoms with Gasteiger partial charge in [-0.25, -0.2) is 0 Å². The maximum atomic E-state index is 13.0. The second-order valence-corrected chi connectivity index (χ2v) is 6.54. The van der Waals surface area contributed by atoms with Gasteiger partial charge in [0.25, 0.3) is 5.91 Å². The molecule has 2 fully saturated rings. The summed E-state index contributed by atoms with van der Waals surface area (Å²) in [6.07, 6.45) is 4.03. The largest absolute Gasteiger partial charge is 0.339 e. The molecular weight excluding hydrogens is 306 g/mol. The highest BCUT2D eigenvalue weighted by Gasteiger charge is 2.37. The molecule has 122 valence electrons. The molecule has 0 bridgehead atoms. The molecule has 2 aromatic heterocycles. The van der Waals surface area contributed by atoms with Crippen LogP contribution in [0.5, 0.6) is 0 Å². The lowest BCUT2D eigenvalue weighted by Gasteiger charge is -2.21. The summed E-state index contributed by atoms with van der Waals surface area (Å²) in [4.78, 5) is 19.4. The first kappa shape index (κ1) is 13.7. The quantitative estimate of drug-likeness (QED) is 0.800. The Labute approximate surface area is 138 Å². The van der Waals surface area contributed by atoms with Crippen LogP contribution < -0.4 is 0 Å². The van der Waals surface area contributed by atoms with Gasteiger partial charge in [-0.2, -0.15) is 10.1 Å². The third kappa shape index (κ3) is 2.11. The second-order valence-electron chi connectivity index (χ2n) is 6.54. The Morgan fingerprint density at radius 3 is 3.00 bits per heavy atom. The first-order valence-corrected chi connectivity index (χ1v) is 8.39. The maximum absolute atomic E-state index is 13.0. The number of aromatic nitrogens is 4. The number of hydrogen-bond acceptors (Lipinski definition) is 5. The van der Waals surface area contributed by atoms with Gasteiger partial charge in [0.1, 0.15) is 0 Å². The van der Waals surface area contributed by atoms with Gasteiger partial charge < -0.3 is 9.42 Å². The first-order valence-electron chi connectivity index (χ1n) is 8.39. The fourth-order valence-electron chi connectivity index (χ4n) is 3.42. The molecule has 7 nitrogen and oxygen atoms in total. The fourth-order valence-corrected chi connectivity index (χ4v) is 3.42. The highest BCUT2D eigenvalue weighted by molar-refractivity contribution is 6.04. The highest BCUT2D eigenvalue weighted by Crippen LogP contribution is 2.40. The molecule has 0 radical (unpaired) electrons. The lowest BCUT2D eigenvalue weighted by Crippen LogP contribution is -2.31. The zero-order valence-electron chi connectivity index (χ0n) is 13.1. The Kier molecular flexibility index (Phi) is 2.95. The lowest BCUT2D eigenvalue weighted by atomic mass is 10.1. The predicted molar refractivity (Wildman–Crippen MR) is 85.4 cm³/mol. The van der Waals surface area contributed by atoms with Gasteiger partial charge in [-0.15, -0.1) is 0 Å². The molecule has 5 rings (SSSR count). The van der Waals surface area contributed by atoms with E-state index in [1.54, 1.807) is 0 Å². The van der Waals surface area contributed by atoms with Gasteiger partial charge in [0.05, 0.1) is 11.6 Å². The molecule has 0 spiro atoms. The van der Waals surface area contributed by atoms with Crippen LogP contribution in [0.2, 0.25) is 0 Å². The number of rotatable bonds is 3. The SMILES string of the molecule is O=C(c1n[nH]c2ccccc12)N1CCC[C@H]1c1noc(C2CC2)n1. The monoisotopic (exact) mass is 323 g/mol. The van der Waals surface area contributed by atoms with Crippen LogP contribution >= 0.6 is 0 Å². The number of H-pyrrole nitrogens is 1. The van der Waals surface area contributed by atoms with Crippen molar-refractivity contribution in [3.63, 3.8) is 0 Å². The van der Waals surface area contributed by atoms with Crippen molar-refractivity contribution in [1.29, 1.82) is 0 Å². The predicted octanol–water partition coefficient (Wildman–Crippen LogP) is 2.80. The lowest BCUT2D eigenvalue weighted by molar-refractivity contribution is 0.0724. The van der Waals surface area contributed by atoms with E-state index in [-0.39, 0.29) is 11.9 Å². The van der Waals surface area contributed by atoms with Gasteiger partial charge in [0.15, 0.2) is 11.5 Å². The van der Waals surface area contributed by atoms with Crippen molar-refractivity contribution < 1.29 is 9.32 Å². The van der Waals surface area contributed by atoms with Gasteiger partial charge in [-0.05, 0) is 31.7 Å². The molecular formula is C17H17N5O2. The van der Waals surface area contributed by atoms with E-state index >= 15 is 0 Å². The normalized spacial score (nSPS) is 20.8. The summed E-state index contributed by atoms with van der Waals surface area (Å²) in [5.74, 6) is 1.69. The Hall–Kier alpha value is -2.70. The van der Waals surface area contributed by atoms with Gasteiger partial charge in [0, 0.05) is 17.8 Å². The number of aromatic amines is 1. The van der Waals surface area contributed by atoms with E-state index < -0.39 is 0 Å². The molecule has 1 aromatic carbocycles. The van der Waals surface area contributed by atoms with Crippen LogP contribution in [0, 0.1) is 0 Å². The Bertz CT molecular complexity index is 910. The van der Waals surface area contributed by atoms with Crippen LogP contribution in [0.1, 0.15) is 59.8 Å². The standard InChI is InChI=1S/C17H17N5O2/c23-17(14-11-4-1-2-5-12(11)19-20-14)22-9-3-6-13(22)15-18-16(24-21-15)10-7-8-10/h1-2,4-5,10,13H,3,6-9H2,(H,19,20)/t13-/m0/s1. The number of nitrogens with zero attached hydrogens (tertiary/aromatic N) is 4. The molecule has 0 unspecified atom stereocenters. The van der Waals surface area contributed by atoms with Crippen molar-refractivity contribution in [2.24, 2.45) is 0 Å². The third-order valence-electron chi connectivity index (χ3n) is 4.87. The highest BCUT2D eigenvalue weighted by atomic mass is 16.5. The third-order valence-corrected chi connectivity index (χ3v) is 4.87. The molecule has 1 N–H and O–H groups in total. The van der Waals surface area contributed by atoms with E-state index in [9.17, 15) is 4.79 Å². The summed E-state index contributed by atoms with van der Waals surface area (Å²) in [5.41, 5.74) is 1.33. The Morgan fingerprint density at radius 1 is 1.25 bits per heavy atom. The minimum absolute atomic E-state index is 0.0762. The van der Waals surface area contributed by atoms with Crippen molar-refractivity contribution in [3.8, 4) is 0 Å². The summed E-state index contributed by atoms with van der Waals surface area (Å²) < 4.78 is 5.37. The molecule has 7 heteroatoms. The maximum Gasteiger partial charge on any atom is 0.275 e. The Morgan fingerprint density at radius 2 is 2.12 bits per heavy atom. The molecule has 24 heavy (non-hydrogen) atoms. The topological polar surface area (TPSA) is 87.9 Å². The first-order chi connectivity index (χ1) is 11.8. The van der Waals surface area contributed by atoms with Crippen molar-refractivity contribution in [2.45, 2.75) is 37.6 Å². The number of carbonyl (C=O) groups is 1. The van der Waals surface area contributed by atoms with E-state index in [4.69, 9.17) is 4.52 Å². The summed E-state index contributed by atoms with van der Waals surface area (Å²) >= 11 is 0. The summed E-state index contributed by atoms with van der Waals surface area (Å²) in [7, 11) is 0. The second kappa shape index (κ2) is 5.15. The molecule has 3 aromatic rings. The zero-order chi connectivity index (χ0) is 16.1. The van der Waals surface area contributed by atoms with Crippen LogP contribution in [0.4, 0.5) is 0 Å². The van der Waals surface area contributed by atoms with E-state index in [1.807, 2.05) is 29.2 Å². The summed E-state index contributed by atoms with van der Waals surface area (Å²) in [6.45, 7) is 0.692. The van der Waals surface area contributed by atoms with Crippen molar-refractivity contribution in [2.75, 3.05) is 6.54 Å². The van der Waals surface area contributed by atoms with Crippen LogP contribution in [0.25, 0.3) is 10.9 Å². The molecule has 1 aliphatic heterocycles.